The van der Waals surface area contributed by atoms with Crippen LogP contribution in [-0.2, 0) is 11.3 Å². The Morgan fingerprint density at radius 3 is 2.70 bits per heavy atom. The molecule has 1 amide bonds. The molecule has 2 heterocycles. The summed E-state index contributed by atoms with van der Waals surface area (Å²) in [4.78, 5) is 39.0. The van der Waals surface area contributed by atoms with Gasteiger partial charge in [0, 0.05) is 24.2 Å². The number of benzene rings is 2. The van der Waals surface area contributed by atoms with Gasteiger partial charge in [-0.2, -0.15) is 0 Å². The van der Waals surface area contributed by atoms with E-state index in [-0.39, 0.29) is 36.5 Å². The van der Waals surface area contributed by atoms with E-state index in [0.717, 1.165) is 5.39 Å². The highest BCUT2D eigenvalue weighted by molar-refractivity contribution is 6.01. The first-order valence-electron chi connectivity index (χ1n) is 9.70. The summed E-state index contributed by atoms with van der Waals surface area (Å²) in [7, 11) is 1.64. The minimum absolute atomic E-state index is 0.0206. The first-order valence-corrected chi connectivity index (χ1v) is 9.70. The van der Waals surface area contributed by atoms with Gasteiger partial charge in [-0.05, 0) is 61.7 Å². The number of carbonyl (C=O) groups is 2. The number of ketones is 1. The van der Waals surface area contributed by atoms with E-state index in [4.69, 9.17) is 9.47 Å². The molecule has 7 heteroatoms. The van der Waals surface area contributed by atoms with Gasteiger partial charge in [0.15, 0.2) is 12.4 Å². The zero-order valence-corrected chi connectivity index (χ0v) is 17.0. The molecule has 0 N–H and O–H groups in total. The van der Waals surface area contributed by atoms with Crippen LogP contribution in [-0.4, -0.2) is 36.0 Å². The second-order valence-corrected chi connectivity index (χ2v) is 7.51. The van der Waals surface area contributed by atoms with Crippen LogP contribution in [0.1, 0.15) is 24.2 Å². The van der Waals surface area contributed by atoms with Gasteiger partial charge in [0.05, 0.1) is 18.3 Å². The first-order chi connectivity index (χ1) is 14.3. The maximum Gasteiger partial charge on any atom is 0.264 e. The number of amides is 1. The van der Waals surface area contributed by atoms with Crippen molar-refractivity contribution in [1.29, 1.82) is 0 Å². The van der Waals surface area contributed by atoms with E-state index in [0.29, 0.717) is 28.1 Å². The molecule has 1 aromatic heterocycles. The van der Waals surface area contributed by atoms with Crippen LogP contribution in [0.5, 0.6) is 11.5 Å². The lowest BCUT2D eigenvalue weighted by Gasteiger charge is -2.26. The summed E-state index contributed by atoms with van der Waals surface area (Å²) >= 11 is 0. The van der Waals surface area contributed by atoms with Crippen LogP contribution in [0.4, 0.5) is 5.69 Å². The minimum Gasteiger partial charge on any atom is -0.491 e. The molecule has 0 spiro atoms. The van der Waals surface area contributed by atoms with Crippen LogP contribution in [0.25, 0.3) is 10.8 Å². The fraction of sp³-hybridized carbons (Fsp3) is 0.261. The van der Waals surface area contributed by atoms with E-state index in [1.165, 1.54) is 9.47 Å². The van der Waals surface area contributed by atoms with Gasteiger partial charge in [0.2, 0.25) is 0 Å². The number of aromatic nitrogens is 1. The number of fused-ring (bicyclic) bond motifs is 2. The molecule has 0 atom stereocenters. The fourth-order valence-corrected chi connectivity index (χ4v) is 3.43. The van der Waals surface area contributed by atoms with Crippen molar-refractivity contribution >= 4 is 28.2 Å². The second kappa shape index (κ2) is 7.67. The van der Waals surface area contributed by atoms with Crippen LogP contribution >= 0.6 is 0 Å². The Bertz CT molecular complexity index is 1210. The van der Waals surface area contributed by atoms with Gasteiger partial charge >= 0.3 is 0 Å². The molecule has 30 heavy (non-hydrogen) atoms. The number of hydrogen-bond donors (Lipinski definition) is 0. The van der Waals surface area contributed by atoms with E-state index < -0.39 is 0 Å². The Hall–Kier alpha value is -3.61. The van der Waals surface area contributed by atoms with E-state index in [1.54, 1.807) is 49.6 Å². The van der Waals surface area contributed by atoms with Crippen molar-refractivity contribution in [1.82, 2.24) is 4.57 Å². The summed E-state index contributed by atoms with van der Waals surface area (Å²) in [6.07, 6.45) is 1.65. The van der Waals surface area contributed by atoms with Crippen molar-refractivity contribution in [2.24, 2.45) is 0 Å². The van der Waals surface area contributed by atoms with E-state index >= 15 is 0 Å². The maximum atomic E-state index is 12.9. The van der Waals surface area contributed by atoms with Crippen molar-refractivity contribution in [2.45, 2.75) is 26.5 Å². The number of pyridine rings is 1. The highest BCUT2D eigenvalue weighted by Gasteiger charge is 2.23. The molecule has 1 aliphatic rings. The van der Waals surface area contributed by atoms with Crippen LogP contribution in [0.3, 0.4) is 0 Å². The molecule has 0 unspecified atom stereocenters. The first kappa shape index (κ1) is 19.7. The summed E-state index contributed by atoms with van der Waals surface area (Å²) in [5.74, 6) is 0.834. The third-order valence-corrected chi connectivity index (χ3v) is 5.00. The molecule has 154 valence electrons. The summed E-state index contributed by atoms with van der Waals surface area (Å²) in [6.45, 7) is 3.76. The number of rotatable bonds is 5. The number of Topliss-reactive ketones (excluding diaryl/α,β-unsaturated/α-hetero) is 1. The number of likely N-dealkylation sites (N-methyl/N-ethyl adjacent to an activating group) is 1. The zero-order chi connectivity index (χ0) is 21.4. The highest BCUT2D eigenvalue weighted by Crippen LogP contribution is 2.32. The molecule has 4 rings (SSSR count). The lowest BCUT2D eigenvalue weighted by Crippen LogP contribution is -2.35. The predicted octanol–water partition coefficient (Wildman–Crippen LogP) is 3.03. The molecular weight excluding hydrogens is 384 g/mol. The van der Waals surface area contributed by atoms with Gasteiger partial charge in [0.25, 0.3) is 11.5 Å². The Labute approximate surface area is 173 Å². The Morgan fingerprint density at radius 2 is 1.93 bits per heavy atom. The third-order valence-electron chi connectivity index (χ3n) is 5.00. The third kappa shape index (κ3) is 3.66. The standard InChI is InChI=1S/C23H22N2O5/c1-14(2)30-17-5-6-18-15(10-17)8-9-25(23(18)28)12-20(26)16-4-7-21-19(11-16)24(3)22(27)13-29-21/h4-11,14H,12-13H2,1-3H3. The minimum atomic E-state index is -0.245. The molecule has 0 aliphatic carbocycles. The molecule has 2 aromatic carbocycles. The lowest BCUT2D eigenvalue weighted by atomic mass is 10.1. The molecule has 0 bridgehead atoms. The number of ether oxygens (including phenoxy) is 2. The summed E-state index contributed by atoms with van der Waals surface area (Å²) in [5, 5.41) is 1.28. The zero-order valence-electron chi connectivity index (χ0n) is 17.0. The topological polar surface area (TPSA) is 77.8 Å². The highest BCUT2D eigenvalue weighted by atomic mass is 16.5. The van der Waals surface area contributed by atoms with E-state index in [9.17, 15) is 14.4 Å². The van der Waals surface area contributed by atoms with E-state index in [2.05, 4.69) is 0 Å². The van der Waals surface area contributed by atoms with Gasteiger partial charge in [0.1, 0.15) is 11.5 Å². The Kier molecular flexibility index (Phi) is 5.03. The molecular formula is C23H22N2O5. The van der Waals surface area contributed by atoms with Gasteiger partial charge in [-0.25, -0.2) is 0 Å². The van der Waals surface area contributed by atoms with Gasteiger partial charge < -0.3 is 18.9 Å². The average molecular weight is 406 g/mol. The SMILES string of the molecule is CC(C)Oc1ccc2c(=O)n(CC(=O)c3ccc4c(c3)N(C)C(=O)CO4)ccc2c1. The Balaban J connectivity index is 1.61. The molecule has 1 aliphatic heterocycles. The second-order valence-electron chi connectivity index (χ2n) is 7.51. The summed E-state index contributed by atoms with van der Waals surface area (Å²) in [5.41, 5.74) is 0.706. The predicted molar refractivity (Wildman–Crippen MR) is 114 cm³/mol. The molecule has 0 saturated heterocycles. The normalized spacial score (nSPS) is 13.3. The molecule has 0 saturated carbocycles. The van der Waals surface area contributed by atoms with Crippen molar-refractivity contribution in [3.8, 4) is 11.5 Å². The average Bonchev–Trinajstić information content (AvgIpc) is 2.72. The quantitative estimate of drug-likeness (QED) is 0.609. The van der Waals surface area contributed by atoms with Crippen LogP contribution in [0.2, 0.25) is 0 Å². The lowest BCUT2D eigenvalue weighted by molar-refractivity contribution is -0.120. The van der Waals surface area contributed by atoms with Crippen molar-refractivity contribution in [3.05, 3.63) is 64.6 Å². The fourth-order valence-electron chi connectivity index (χ4n) is 3.43. The molecule has 7 nitrogen and oxygen atoms in total. The van der Waals surface area contributed by atoms with Crippen LogP contribution in [0, 0.1) is 0 Å². The smallest absolute Gasteiger partial charge is 0.264 e. The monoisotopic (exact) mass is 406 g/mol. The summed E-state index contributed by atoms with van der Waals surface area (Å²) < 4.78 is 12.5. The van der Waals surface area contributed by atoms with E-state index in [1.807, 2.05) is 19.9 Å². The molecule has 0 radical (unpaired) electrons. The number of anilines is 1. The Morgan fingerprint density at radius 1 is 1.13 bits per heavy atom. The van der Waals surface area contributed by atoms with Gasteiger partial charge in [-0.3, -0.25) is 14.4 Å². The van der Waals surface area contributed by atoms with Crippen molar-refractivity contribution < 1.29 is 19.1 Å². The molecule has 3 aromatic rings. The number of carbonyl (C=O) groups excluding carboxylic acids is 2. The number of nitrogens with zero attached hydrogens (tertiary/aromatic N) is 2. The van der Waals surface area contributed by atoms with Gasteiger partial charge in [-0.15, -0.1) is 0 Å². The summed E-state index contributed by atoms with van der Waals surface area (Å²) in [6, 6.07) is 12.0. The van der Waals surface area contributed by atoms with Crippen molar-refractivity contribution in [2.75, 3.05) is 18.6 Å². The number of hydrogen-bond acceptors (Lipinski definition) is 5. The van der Waals surface area contributed by atoms with Crippen LogP contribution in [0.15, 0.2) is 53.5 Å². The van der Waals surface area contributed by atoms with Gasteiger partial charge in [-0.1, -0.05) is 0 Å². The maximum absolute atomic E-state index is 12.9. The van der Waals surface area contributed by atoms with Crippen molar-refractivity contribution in [3.63, 3.8) is 0 Å². The molecule has 0 fully saturated rings. The van der Waals surface area contributed by atoms with Crippen LogP contribution < -0.4 is 19.9 Å². The largest absolute Gasteiger partial charge is 0.491 e.